The van der Waals surface area contributed by atoms with Crippen LogP contribution in [0, 0.1) is 0 Å². The topological polar surface area (TPSA) is 57.5 Å². The Morgan fingerprint density at radius 1 is 1.29 bits per heavy atom. The fourth-order valence-electron chi connectivity index (χ4n) is 1.73. The highest BCUT2D eigenvalue weighted by Crippen LogP contribution is 2.26. The van der Waals surface area contributed by atoms with E-state index in [-0.39, 0.29) is 0 Å². The lowest BCUT2D eigenvalue weighted by molar-refractivity contribution is -0.147. The van der Waals surface area contributed by atoms with Crippen LogP contribution in [-0.4, -0.2) is 21.5 Å². The van der Waals surface area contributed by atoms with Crippen LogP contribution in [0.2, 0.25) is 0 Å². The third-order valence-electron chi connectivity index (χ3n) is 2.52. The smallest absolute Gasteiger partial charge is 0.337 e. The Balaban J connectivity index is 3.15. The summed E-state index contributed by atoms with van der Waals surface area (Å²) in [5.74, 6) is -1.21. The number of carboxylic acids is 1. The van der Waals surface area contributed by atoms with Gasteiger partial charge in [0.05, 0.1) is 0 Å². The summed E-state index contributed by atoms with van der Waals surface area (Å²) in [6.07, 6.45) is 0.214. The summed E-state index contributed by atoms with van der Waals surface area (Å²) in [4.78, 5) is 10.9. The molecule has 17 heavy (non-hydrogen) atoms. The molecule has 1 rings (SSSR count). The number of hydrogen-bond donors (Lipinski definition) is 2. The second-order valence-corrected chi connectivity index (χ2v) is 5.01. The van der Waals surface area contributed by atoms with Gasteiger partial charge in [-0.2, -0.15) is 0 Å². The minimum absolute atomic E-state index is 0.526. The molecule has 5 heteroatoms. The molecule has 0 aliphatic heterocycles. The molecule has 0 saturated carbocycles. The number of aliphatic hydroxyl groups is 1. The van der Waals surface area contributed by atoms with Crippen LogP contribution in [-0.2, 0) is 16.5 Å². The highest BCUT2D eigenvalue weighted by molar-refractivity contribution is 9.09. The quantitative estimate of drug-likeness (QED) is 0.762. The number of aryl methyl sites for hydroxylation is 1. The van der Waals surface area contributed by atoms with Gasteiger partial charge in [0.25, 0.3) is 0 Å². The molecule has 0 radical (unpaired) electrons. The van der Waals surface area contributed by atoms with Crippen molar-refractivity contribution in [3.8, 4) is 0 Å². The number of hydrogen-bond acceptors (Lipinski definition) is 2. The van der Waals surface area contributed by atoms with Gasteiger partial charge in [0, 0.05) is 10.7 Å². The Kier molecular flexibility index (Phi) is 6.16. The first-order chi connectivity index (χ1) is 8.11. The molecule has 94 valence electrons. The zero-order chi connectivity index (χ0) is 12.8. The van der Waals surface area contributed by atoms with Crippen LogP contribution >= 0.6 is 31.9 Å². The number of rotatable bonds is 6. The molecule has 3 nitrogen and oxygen atoms in total. The number of carbonyl (C=O) groups is 1. The van der Waals surface area contributed by atoms with Gasteiger partial charge in [-0.1, -0.05) is 50.1 Å². The highest BCUT2D eigenvalue weighted by atomic mass is 79.9. The second kappa shape index (κ2) is 7.13. The third-order valence-corrected chi connectivity index (χ3v) is 3.68. The van der Waals surface area contributed by atoms with Gasteiger partial charge < -0.3 is 10.2 Å². The molecule has 0 aliphatic rings. The molecule has 0 bridgehead atoms. The summed E-state index contributed by atoms with van der Waals surface area (Å²) >= 11 is 6.66. The van der Waals surface area contributed by atoms with E-state index < -0.39 is 12.1 Å². The number of carboxylic acid groups (broad SMARTS) is 1. The van der Waals surface area contributed by atoms with E-state index in [1.165, 1.54) is 0 Å². The van der Waals surface area contributed by atoms with Crippen LogP contribution in [0.1, 0.15) is 29.2 Å². The van der Waals surface area contributed by atoms with Crippen LogP contribution in [0.4, 0.5) is 0 Å². The summed E-state index contributed by atoms with van der Waals surface area (Å²) in [5, 5.41) is 20.1. The summed E-state index contributed by atoms with van der Waals surface area (Å²) < 4.78 is 0. The van der Waals surface area contributed by atoms with Gasteiger partial charge in [-0.25, -0.2) is 4.79 Å². The predicted octanol–water partition coefficient (Wildman–Crippen LogP) is 3.03. The Morgan fingerprint density at radius 3 is 2.47 bits per heavy atom. The van der Waals surface area contributed by atoms with Crippen molar-refractivity contribution in [1.29, 1.82) is 0 Å². The fourth-order valence-corrected chi connectivity index (χ4v) is 2.50. The molecule has 0 amide bonds. The van der Waals surface area contributed by atoms with Gasteiger partial charge in [0.15, 0.2) is 6.10 Å². The number of halogens is 2. The maximum atomic E-state index is 10.9. The second-order valence-electron chi connectivity index (χ2n) is 3.66. The zero-order valence-corrected chi connectivity index (χ0v) is 12.4. The van der Waals surface area contributed by atoms with Crippen LogP contribution in [0.3, 0.4) is 0 Å². The van der Waals surface area contributed by atoms with Crippen molar-refractivity contribution in [3.63, 3.8) is 0 Å². The van der Waals surface area contributed by atoms with Gasteiger partial charge in [-0.15, -0.1) is 0 Å². The standard InChI is InChI=1S/C12H14Br2O3/c13-6-2-5-8-3-1-4-9(7-14)10(8)11(15)12(16)17/h1,3-4,11,15H,2,5-7H2,(H,16,17). The largest absolute Gasteiger partial charge is 0.479 e. The lowest BCUT2D eigenvalue weighted by atomic mass is 9.94. The maximum Gasteiger partial charge on any atom is 0.337 e. The van der Waals surface area contributed by atoms with Gasteiger partial charge in [-0.05, 0) is 29.5 Å². The van der Waals surface area contributed by atoms with Crippen molar-refractivity contribution in [2.75, 3.05) is 5.33 Å². The zero-order valence-electron chi connectivity index (χ0n) is 9.20. The van der Waals surface area contributed by atoms with Crippen LogP contribution in [0.5, 0.6) is 0 Å². The molecule has 1 aromatic rings. The summed E-state index contributed by atoms with van der Waals surface area (Å²) in [6.45, 7) is 0. The first kappa shape index (κ1) is 14.7. The molecule has 0 spiro atoms. The lowest BCUT2D eigenvalue weighted by Gasteiger charge is -2.16. The monoisotopic (exact) mass is 364 g/mol. The van der Waals surface area contributed by atoms with Crippen LogP contribution in [0.15, 0.2) is 18.2 Å². The van der Waals surface area contributed by atoms with Gasteiger partial charge >= 0.3 is 5.97 Å². The molecule has 1 atom stereocenters. The molecular formula is C12H14Br2O3. The van der Waals surface area contributed by atoms with Gasteiger partial charge in [0.2, 0.25) is 0 Å². The minimum atomic E-state index is -1.45. The first-order valence-electron chi connectivity index (χ1n) is 5.25. The Hall–Kier alpha value is -0.390. The number of alkyl halides is 2. The lowest BCUT2D eigenvalue weighted by Crippen LogP contribution is -2.15. The highest BCUT2D eigenvalue weighted by Gasteiger charge is 2.22. The van der Waals surface area contributed by atoms with Crippen molar-refractivity contribution in [2.45, 2.75) is 24.3 Å². The number of benzene rings is 1. The van der Waals surface area contributed by atoms with E-state index in [1.54, 1.807) is 0 Å². The summed E-state index contributed by atoms with van der Waals surface area (Å²) in [6, 6.07) is 5.59. The predicted molar refractivity (Wildman–Crippen MR) is 73.8 cm³/mol. The van der Waals surface area contributed by atoms with Crippen LogP contribution < -0.4 is 0 Å². The molecule has 0 saturated heterocycles. The van der Waals surface area contributed by atoms with E-state index in [9.17, 15) is 9.90 Å². The van der Waals surface area contributed by atoms with Gasteiger partial charge in [0.1, 0.15) is 0 Å². The number of aliphatic carboxylic acids is 1. The normalized spacial score (nSPS) is 12.4. The Bertz CT molecular complexity index is 393. The van der Waals surface area contributed by atoms with Crippen molar-refractivity contribution in [1.82, 2.24) is 0 Å². The maximum absolute atomic E-state index is 10.9. The van der Waals surface area contributed by atoms with Crippen molar-refractivity contribution >= 4 is 37.8 Å². The molecule has 0 aliphatic carbocycles. The van der Waals surface area contributed by atoms with Crippen LogP contribution in [0.25, 0.3) is 0 Å². The van der Waals surface area contributed by atoms with Crippen molar-refractivity contribution in [2.24, 2.45) is 0 Å². The van der Waals surface area contributed by atoms with Crippen molar-refractivity contribution < 1.29 is 15.0 Å². The van der Waals surface area contributed by atoms with E-state index >= 15 is 0 Å². The number of aliphatic hydroxyl groups excluding tert-OH is 1. The van der Waals surface area contributed by atoms with E-state index in [4.69, 9.17) is 5.11 Å². The average molecular weight is 366 g/mol. The van der Waals surface area contributed by atoms with E-state index in [0.717, 1.165) is 29.3 Å². The molecular weight excluding hydrogens is 352 g/mol. The Labute approximate surface area is 117 Å². The summed E-state index contributed by atoms with van der Waals surface area (Å²) in [5.41, 5.74) is 2.25. The van der Waals surface area contributed by atoms with E-state index in [0.29, 0.717) is 10.9 Å². The van der Waals surface area contributed by atoms with Gasteiger partial charge in [-0.3, -0.25) is 0 Å². The molecule has 2 N–H and O–H groups in total. The fraction of sp³-hybridized carbons (Fsp3) is 0.417. The molecule has 1 aromatic carbocycles. The third kappa shape index (κ3) is 3.79. The molecule has 0 fully saturated rings. The first-order valence-corrected chi connectivity index (χ1v) is 7.49. The van der Waals surface area contributed by atoms with E-state index in [1.807, 2.05) is 18.2 Å². The van der Waals surface area contributed by atoms with Crippen molar-refractivity contribution in [3.05, 3.63) is 34.9 Å². The average Bonchev–Trinajstić information content (AvgIpc) is 2.34. The Morgan fingerprint density at radius 2 is 1.94 bits per heavy atom. The SMILES string of the molecule is O=C(O)C(O)c1c(CBr)cccc1CCCBr. The minimum Gasteiger partial charge on any atom is -0.479 e. The molecule has 0 aromatic heterocycles. The summed E-state index contributed by atoms with van der Waals surface area (Å²) in [7, 11) is 0. The molecule has 0 heterocycles. The molecule has 1 unspecified atom stereocenters. The van der Waals surface area contributed by atoms with E-state index in [2.05, 4.69) is 31.9 Å².